The number of fused-ring (bicyclic) bond motifs is 3. The Kier molecular flexibility index (Phi) is 2.85. The molecule has 3 saturated carbocycles. The van der Waals surface area contributed by atoms with Gasteiger partial charge in [0.25, 0.3) is 0 Å². The second-order valence-electron chi connectivity index (χ2n) is 9.04. The number of aliphatic hydroxyl groups excluding tert-OH is 1. The molecular weight excluding hydrogens is 256 g/mol. The number of hydrogen-bond donors (Lipinski definition) is 1. The first-order valence-corrected chi connectivity index (χ1v) is 8.93. The van der Waals surface area contributed by atoms with E-state index < -0.39 is 0 Å². The molecule has 2 bridgehead atoms. The van der Waals surface area contributed by atoms with E-state index in [9.17, 15) is 5.11 Å². The van der Waals surface area contributed by atoms with E-state index in [2.05, 4.69) is 26.5 Å². The third-order valence-electron chi connectivity index (χ3n) is 7.87. The molecule has 4 rings (SSSR count). The van der Waals surface area contributed by atoms with Crippen LogP contribution in [0.25, 0.3) is 0 Å². The predicted molar refractivity (Wildman–Crippen MR) is 86.9 cm³/mol. The van der Waals surface area contributed by atoms with Crippen LogP contribution in [0.4, 0.5) is 0 Å². The smallest absolute Gasteiger partial charge is 0.0522 e. The average Bonchev–Trinajstić information content (AvgIpc) is 2.68. The molecule has 0 aromatic carbocycles. The van der Waals surface area contributed by atoms with Crippen LogP contribution in [0.3, 0.4) is 0 Å². The van der Waals surface area contributed by atoms with Crippen molar-refractivity contribution >= 4 is 0 Å². The van der Waals surface area contributed by atoms with Gasteiger partial charge >= 0.3 is 0 Å². The summed E-state index contributed by atoms with van der Waals surface area (Å²) in [5, 5.41) is 10.0. The second-order valence-corrected chi connectivity index (χ2v) is 9.04. The Morgan fingerprint density at radius 1 is 1.29 bits per heavy atom. The molecule has 0 unspecified atom stereocenters. The minimum Gasteiger partial charge on any atom is -0.395 e. The molecule has 4 aliphatic rings. The van der Waals surface area contributed by atoms with E-state index in [1.807, 2.05) is 0 Å². The van der Waals surface area contributed by atoms with Crippen LogP contribution >= 0.6 is 0 Å². The summed E-state index contributed by atoms with van der Waals surface area (Å²) < 4.78 is 0. The minimum atomic E-state index is 0.0427. The Bertz CT molecular complexity index is 518. The van der Waals surface area contributed by atoms with Crippen molar-refractivity contribution in [1.82, 2.24) is 0 Å². The fourth-order valence-electron chi connectivity index (χ4n) is 6.96. The molecule has 0 aromatic heterocycles. The largest absolute Gasteiger partial charge is 0.395 e. The fourth-order valence-corrected chi connectivity index (χ4v) is 6.96. The van der Waals surface area contributed by atoms with Gasteiger partial charge in [-0.05, 0) is 67.6 Å². The van der Waals surface area contributed by atoms with Gasteiger partial charge in [0.2, 0.25) is 0 Å². The van der Waals surface area contributed by atoms with Gasteiger partial charge in [-0.2, -0.15) is 0 Å². The average molecular weight is 286 g/mol. The van der Waals surface area contributed by atoms with Crippen LogP contribution in [0, 0.1) is 28.1 Å². The predicted octanol–water partition coefficient (Wildman–Crippen LogP) is 4.87. The first-order chi connectivity index (χ1) is 9.94. The maximum absolute atomic E-state index is 10.0. The highest BCUT2D eigenvalue weighted by atomic mass is 16.3. The maximum atomic E-state index is 10.0. The molecule has 4 aliphatic carbocycles. The van der Waals surface area contributed by atoms with Gasteiger partial charge in [-0.3, -0.25) is 0 Å². The molecule has 0 aromatic rings. The monoisotopic (exact) mass is 286 g/mol. The summed E-state index contributed by atoms with van der Waals surface area (Å²) >= 11 is 0. The first kappa shape index (κ1) is 14.1. The topological polar surface area (TPSA) is 20.2 Å². The molecule has 3 fully saturated rings. The Morgan fingerprint density at radius 3 is 2.86 bits per heavy atom. The molecule has 0 amide bonds. The van der Waals surface area contributed by atoms with Crippen molar-refractivity contribution in [3.8, 4) is 0 Å². The van der Waals surface area contributed by atoms with Crippen LogP contribution in [-0.2, 0) is 0 Å². The second kappa shape index (κ2) is 4.25. The zero-order valence-electron chi connectivity index (χ0n) is 13.8. The molecule has 1 N–H and O–H groups in total. The molecule has 1 heteroatoms. The lowest BCUT2D eigenvalue weighted by Crippen LogP contribution is -2.51. The summed E-state index contributed by atoms with van der Waals surface area (Å²) in [4.78, 5) is 0. The van der Waals surface area contributed by atoms with Crippen LogP contribution in [0.1, 0.15) is 65.2 Å². The lowest BCUT2D eigenvalue weighted by molar-refractivity contribution is -0.0296. The standard InChI is InChI=1S/C20H30O/c1-14-11-20-10-7-16-18(2,13-21)8-4-9-19(16,3)17(20)6-5-15(14)12-20/h7,15,17,21H,1,4-6,8-13H2,2-3H3/t15-,17+,18-,19-,20-/m0/s1. The molecule has 0 saturated heterocycles. The van der Waals surface area contributed by atoms with Crippen LogP contribution in [-0.4, -0.2) is 11.7 Å². The van der Waals surface area contributed by atoms with Crippen molar-refractivity contribution < 1.29 is 5.11 Å². The molecular formula is C20H30O. The van der Waals surface area contributed by atoms with E-state index in [0.29, 0.717) is 17.4 Å². The quantitative estimate of drug-likeness (QED) is 0.682. The summed E-state index contributed by atoms with van der Waals surface area (Å²) in [6, 6.07) is 0. The third-order valence-corrected chi connectivity index (χ3v) is 7.87. The Balaban J connectivity index is 1.81. The van der Waals surface area contributed by atoms with E-state index in [1.165, 1.54) is 51.4 Å². The third kappa shape index (κ3) is 1.67. The molecule has 21 heavy (non-hydrogen) atoms. The van der Waals surface area contributed by atoms with Crippen molar-refractivity contribution in [2.24, 2.45) is 28.1 Å². The van der Waals surface area contributed by atoms with E-state index in [4.69, 9.17) is 0 Å². The van der Waals surface area contributed by atoms with Crippen LogP contribution in [0.15, 0.2) is 23.8 Å². The van der Waals surface area contributed by atoms with Gasteiger partial charge in [-0.25, -0.2) is 0 Å². The Labute approximate surface area is 129 Å². The van der Waals surface area contributed by atoms with Gasteiger partial charge < -0.3 is 5.11 Å². The van der Waals surface area contributed by atoms with Crippen LogP contribution in [0.2, 0.25) is 0 Å². The zero-order chi connectivity index (χ0) is 14.9. The van der Waals surface area contributed by atoms with Crippen molar-refractivity contribution in [2.45, 2.75) is 65.2 Å². The van der Waals surface area contributed by atoms with E-state index in [0.717, 1.165) is 11.8 Å². The first-order valence-electron chi connectivity index (χ1n) is 8.93. The number of allylic oxidation sites excluding steroid dienone is 2. The fraction of sp³-hybridized carbons (Fsp3) is 0.800. The molecule has 116 valence electrons. The zero-order valence-corrected chi connectivity index (χ0v) is 13.8. The number of rotatable bonds is 1. The highest BCUT2D eigenvalue weighted by molar-refractivity contribution is 5.34. The van der Waals surface area contributed by atoms with E-state index >= 15 is 0 Å². The number of hydrogen-bond acceptors (Lipinski definition) is 1. The maximum Gasteiger partial charge on any atom is 0.0522 e. The van der Waals surface area contributed by atoms with Crippen molar-refractivity contribution in [1.29, 1.82) is 0 Å². The lowest BCUT2D eigenvalue weighted by atomic mass is 9.45. The molecule has 5 atom stereocenters. The van der Waals surface area contributed by atoms with Gasteiger partial charge in [0, 0.05) is 5.41 Å². The lowest BCUT2D eigenvalue weighted by Gasteiger charge is -2.60. The highest BCUT2D eigenvalue weighted by Crippen LogP contribution is 2.70. The summed E-state index contributed by atoms with van der Waals surface area (Å²) in [6.45, 7) is 9.54. The molecule has 0 radical (unpaired) electrons. The van der Waals surface area contributed by atoms with Gasteiger partial charge in [-0.1, -0.05) is 44.1 Å². The van der Waals surface area contributed by atoms with Crippen LogP contribution in [0.5, 0.6) is 0 Å². The van der Waals surface area contributed by atoms with Crippen LogP contribution < -0.4 is 0 Å². The van der Waals surface area contributed by atoms with E-state index in [-0.39, 0.29) is 5.41 Å². The van der Waals surface area contributed by atoms with Gasteiger partial charge in [0.05, 0.1) is 6.61 Å². The van der Waals surface area contributed by atoms with E-state index in [1.54, 1.807) is 11.1 Å². The molecule has 0 aliphatic heterocycles. The van der Waals surface area contributed by atoms with Crippen molar-refractivity contribution in [2.75, 3.05) is 6.61 Å². The normalized spacial score (nSPS) is 52.1. The molecule has 0 heterocycles. The summed E-state index contributed by atoms with van der Waals surface area (Å²) in [6.07, 6.45) is 13.0. The van der Waals surface area contributed by atoms with Crippen molar-refractivity contribution in [3.63, 3.8) is 0 Å². The van der Waals surface area contributed by atoms with Crippen molar-refractivity contribution in [3.05, 3.63) is 23.8 Å². The van der Waals surface area contributed by atoms with Gasteiger partial charge in [0.1, 0.15) is 0 Å². The molecule has 1 nitrogen and oxygen atoms in total. The number of aliphatic hydroxyl groups is 1. The summed E-state index contributed by atoms with van der Waals surface area (Å²) in [5.74, 6) is 1.64. The van der Waals surface area contributed by atoms with Gasteiger partial charge in [0.15, 0.2) is 0 Å². The Morgan fingerprint density at radius 2 is 2.10 bits per heavy atom. The summed E-state index contributed by atoms with van der Waals surface area (Å²) in [7, 11) is 0. The molecule has 1 spiro atoms. The summed E-state index contributed by atoms with van der Waals surface area (Å²) in [5.41, 5.74) is 4.05. The highest BCUT2D eigenvalue weighted by Gasteiger charge is 2.60. The SMILES string of the molecule is C=C1C[C@]23CC=C4[C@](C)(CO)CCC[C@]4(C)[C@H]2CC[C@H]1C3. The van der Waals surface area contributed by atoms with Gasteiger partial charge in [-0.15, -0.1) is 0 Å². The minimum absolute atomic E-state index is 0.0427. The Hall–Kier alpha value is -0.560.